The Morgan fingerprint density at radius 3 is 2.12 bits per heavy atom. The highest BCUT2D eigenvalue weighted by molar-refractivity contribution is 5.41. The van der Waals surface area contributed by atoms with E-state index in [1.54, 1.807) is 0 Å². The van der Waals surface area contributed by atoms with Crippen molar-refractivity contribution >= 4 is 0 Å². The van der Waals surface area contributed by atoms with Gasteiger partial charge in [-0.1, -0.05) is 69.3 Å². The largest absolute Gasteiger partial charge is 0.390 e. The van der Waals surface area contributed by atoms with Gasteiger partial charge in [-0.3, -0.25) is 0 Å². The molecule has 2 unspecified atom stereocenters. The molecule has 0 aliphatic heterocycles. The summed E-state index contributed by atoms with van der Waals surface area (Å²) in [7, 11) is 0. The highest BCUT2D eigenvalue weighted by Crippen LogP contribution is 2.58. The standard InChI is InChI=1S/C22H30O2/c1-5-21(4)17-13-9-10-14-18(17)22(6-2,20(24)19(21)23)16-12-8-7-11-15(16)3/h7-14,17-20,23-24H,5-6H2,1-4H3/t17?,18?,19-,20+,21+,22+/m0/s1. The lowest BCUT2D eigenvalue weighted by molar-refractivity contribution is -0.166. The number of aliphatic hydroxyl groups is 2. The first-order chi connectivity index (χ1) is 11.4. The minimum atomic E-state index is -0.772. The van der Waals surface area contributed by atoms with Gasteiger partial charge in [0.15, 0.2) is 0 Å². The zero-order chi connectivity index (χ0) is 17.5. The number of allylic oxidation sites excluding steroid dienone is 4. The van der Waals surface area contributed by atoms with Crippen LogP contribution in [-0.2, 0) is 5.41 Å². The molecule has 2 aliphatic carbocycles. The molecule has 24 heavy (non-hydrogen) atoms. The van der Waals surface area contributed by atoms with E-state index in [9.17, 15) is 10.2 Å². The van der Waals surface area contributed by atoms with Crippen molar-refractivity contribution in [3.8, 4) is 0 Å². The van der Waals surface area contributed by atoms with Crippen molar-refractivity contribution < 1.29 is 10.2 Å². The van der Waals surface area contributed by atoms with Crippen molar-refractivity contribution in [3.05, 3.63) is 59.7 Å². The van der Waals surface area contributed by atoms with Gasteiger partial charge in [-0.15, -0.1) is 0 Å². The molecule has 130 valence electrons. The molecule has 0 radical (unpaired) electrons. The smallest absolute Gasteiger partial charge is 0.0906 e. The van der Waals surface area contributed by atoms with E-state index in [0.29, 0.717) is 0 Å². The normalized spacial score (nSPS) is 41.2. The zero-order valence-electron chi connectivity index (χ0n) is 15.2. The molecular formula is C22H30O2. The Morgan fingerprint density at radius 2 is 1.54 bits per heavy atom. The summed E-state index contributed by atoms with van der Waals surface area (Å²) < 4.78 is 0. The Balaban J connectivity index is 2.24. The first kappa shape index (κ1) is 17.4. The predicted octanol–water partition coefficient (Wildman–Crippen LogP) is 4.15. The molecule has 0 spiro atoms. The molecule has 2 N–H and O–H groups in total. The van der Waals surface area contributed by atoms with Crippen LogP contribution in [0.4, 0.5) is 0 Å². The summed E-state index contributed by atoms with van der Waals surface area (Å²) in [4.78, 5) is 0. The monoisotopic (exact) mass is 326 g/mol. The summed E-state index contributed by atoms with van der Waals surface area (Å²) in [6, 6.07) is 8.32. The Morgan fingerprint density at radius 1 is 0.917 bits per heavy atom. The lowest BCUT2D eigenvalue weighted by Crippen LogP contribution is -2.65. The second-order valence-electron chi connectivity index (χ2n) is 7.78. The summed E-state index contributed by atoms with van der Waals surface area (Å²) in [5, 5.41) is 22.5. The third-order valence-corrected chi connectivity index (χ3v) is 6.99. The number of aryl methyl sites for hydroxylation is 1. The molecule has 3 rings (SSSR count). The Labute approximate surface area is 145 Å². The van der Waals surface area contributed by atoms with Crippen LogP contribution in [0.5, 0.6) is 0 Å². The summed E-state index contributed by atoms with van der Waals surface area (Å²) >= 11 is 0. The van der Waals surface area contributed by atoms with Gasteiger partial charge in [-0.05, 0) is 42.7 Å². The Kier molecular flexibility index (Phi) is 4.48. The van der Waals surface area contributed by atoms with Crippen LogP contribution >= 0.6 is 0 Å². The van der Waals surface area contributed by atoms with E-state index >= 15 is 0 Å². The van der Waals surface area contributed by atoms with Gasteiger partial charge in [0, 0.05) is 10.8 Å². The topological polar surface area (TPSA) is 40.5 Å². The van der Waals surface area contributed by atoms with Crippen LogP contribution in [0.15, 0.2) is 48.6 Å². The number of hydrogen-bond donors (Lipinski definition) is 2. The molecule has 1 fully saturated rings. The van der Waals surface area contributed by atoms with Crippen molar-refractivity contribution in [1.29, 1.82) is 0 Å². The van der Waals surface area contributed by atoms with Crippen LogP contribution < -0.4 is 0 Å². The van der Waals surface area contributed by atoms with Crippen LogP contribution in [0, 0.1) is 24.2 Å². The van der Waals surface area contributed by atoms with Gasteiger partial charge >= 0.3 is 0 Å². The fourth-order valence-corrected chi connectivity index (χ4v) is 5.28. The average Bonchev–Trinajstić information content (AvgIpc) is 2.62. The third-order valence-electron chi connectivity index (χ3n) is 6.99. The van der Waals surface area contributed by atoms with Gasteiger partial charge in [0.25, 0.3) is 0 Å². The molecular weight excluding hydrogens is 296 g/mol. The molecule has 1 aromatic carbocycles. The number of aliphatic hydroxyl groups excluding tert-OH is 2. The van der Waals surface area contributed by atoms with E-state index in [0.717, 1.165) is 12.8 Å². The average molecular weight is 326 g/mol. The number of hydrogen-bond acceptors (Lipinski definition) is 2. The second kappa shape index (κ2) is 6.16. The van der Waals surface area contributed by atoms with Gasteiger partial charge in [-0.2, -0.15) is 0 Å². The molecule has 2 nitrogen and oxygen atoms in total. The molecule has 0 aromatic heterocycles. The van der Waals surface area contributed by atoms with Gasteiger partial charge in [-0.25, -0.2) is 0 Å². The van der Waals surface area contributed by atoms with E-state index in [1.165, 1.54) is 11.1 Å². The fraction of sp³-hybridized carbons (Fsp3) is 0.545. The molecule has 0 heterocycles. The maximum Gasteiger partial charge on any atom is 0.0906 e. The second-order valence-corrected chi connectivity index (χ2v) is 7.78. The van der Waals surface area contributed by atoms with Crippen LogP contribution in [0.25, 0.3) is 0 Å². The van der Waals surface area contributed by atoms with Crippen LogP contribution in [-0.4, -0.2) is 22.4 Å². The SMILES string of the molecule is CC[C@]1(C)C2C=CC=CC2[C@@](CC)(c2ccccc2C)[C@H](O)[C@@H]1O. The molecule has 1 aromatic rings. The zero-order valence-corrected chi connectivity index (χ0v) is 15.2. The summed E-state index contributed by atoms with van der Waals surface area (Å²) in [6.45, 7) is 8.49. The van der Waals surface area contributed by atoms with Gasteiger partial charge in [0.1, 0.15) is 0 Å². The molecule has 6 atom stereocenters. The van der Waals surface area contributed by atoms with Gasteiger partial charge in [0.05, 0.1) is 12.2 Å². The first-order valence-electron chi connectivity index (χ1n) is 9.20. The maximum atomic E-state index is 11.4. The van der Waals surface area contributed by atoms with Crippen LogP contribution in [0.2, 0.25) is 0 Å². The third kappa shape index (κ3) is 2.16. The van der Waals surface area contributed by atoms with E-state index in [2.05, 4.69) is 64.1 Å². The number of benzene rings is 1. The quantitative estimate of drug-likeness (QED) is 0.876. The van der Waals surface area contributed by atoms with Crippen LogP contribution in [0.1, 0.15) is 44.7 Å². The van der Waals surface area contributed by atoms with Crippen LogP contribution in [0.3, 0.4) is 0 Å². The number of rotatable bonds is 3. The van der Waals surface area contributed by atoms with Crippen molar-refractivity contribution in [2.45, 2.75) is 58.2 Å². The Bertz CT molecular complexity index is 662. The van der Waals surface area contributed by atoms with E-state index in [4.69, 9.17) is 0 Å². The minimum absolute atomic E-state index is 0.192. The highest BCUT2D eigenvalue weighted by atomic mass is 16.3. The lowest BCUT2D eigenvalue weighted by atomic mass is 9.46. The van der Waals surface area contributed by atoms with Gasteiger partial charge < -0.3 is 10.2 Å². The van der Waals surface area contributed by atoms with Crippen molar-refractivity contribution in [1.82, 2.24) is 0 Å². The number of fused-ring (bicyclic) bond motifs is 1. The Hall–Kier alpha value is -1.38. The molecule has 0 amide bonds. The molecule has 1 saturated carbocycles. The highest BCUT2D eigenvalue weighted by Gasteiger charge is 2.61. The van der Waals surface area contributed by atoms with E-state index < -0.39 is 17.6 Å². The van der Waals surface area contributed by atoms with Gasteiger partial charge in [0.2, 0.25) is 0 Å². The van der Waals surface area contributed by atoms with Crippen molar-refractivity contribution in [3.63, 3.8) is 0 Å². The molecule has 0 bridgehead atoms. The molecule has 2 heteroatoms. The minimum Gasteiger partial charge on any atom is -0.390 e. The summed E-state index contributed by atoms with van der Waals surface area (Å²) in [6.07, 6.45) is 8.83. The maximum absolute atomic E-state index is 11.4. The molecule has 0 saturated heterocycles. The first-order valence-corrected chi connectivity index (χ1v) is 9.20. The van der Waals surface area contributed by atoms with Crippen molar-refractivity contribution in [2.24, 2.45) is 17.3 Å². The molecule has 2 aliphatic rings. The summed E-state index contributed by atoms with van der Waals surface area (Å²) in [5.41, 5.74) is 1.59. The van der Waals surface area contributed by atoms with Crippen molar-refractivity contribution in [2.75, 3.05) is 0 Å². The fourth-order valence-electron chi connectivity index (χ4n) is 5.28. The van der Waals surface area contributed by atoms with E-state index in [-0.39, 0.29) is 17.3 Å². The summed E-state index contributed by atoms with van der Waals surface area (Å²) in [5.74, 6) is 0.419. The predicted molar refractivity (Wildman–Crippen MR) is 98.8 cm³/mol. The van der Waals surface area contributed by atoms with E-state index in [1.807, 2.05) is 12.1 Å². The lowest BCUT2D eigenvalue weighted by Gasteiger charge is -2.60.